The van der Waals surface area contributed by atoms with Gasteiger partial charge in [-0.05, 0) is 19.5 Å². The summed E-state index contributed by atoms with van der Waals surface area (Å²) in [5.41, 5.74) is 4.74. The fraction of sp³-hybridized carbons (Fsp3) is 0.867. The maximum Gasteiger partial charge on any atom is 0.327 e. The topological polar surface area (TPSA) is 95.7 Å². The predicted molar refractivity (Wildman–Crippen MR) is 83.4 cm³/mol. The fourth-order valence-electron chi connectivity index (χ4n) is 2.81. The van der Waals surface area contributed by atoms with Crippen LogP contribution in [0.4, 0.5) is 0 Å². The van der Waals surface area contributed by atoms with Gasteiger partial charge in [0.15, 0.2) is 5.92 Å². The SMILES string of the molecule is CN(C)CC[N+]([O-])(C(=O)C(C(N)=O)C(C)(C)C)C1CCOC1. The van der Waals surface area contributed by atoms with Gasteiger partial charge in [0.2, 0.25) is 5.91 Å². The minimum atomic E-state index is -1.10. The zero-order valence-corrected chi connectivity index (χ0v) is 14.3. The first kappa shape index (κ1) is 19.0. The predicted octanol–water partition coefficient (Wildman–Crippen LogP) is 0.326. The van der Waals surface area contributed by atoms with Crippen LogP contribution in [0.15, 0.2) is 0 Å². The van der Waals surface area contributed by atoms with E-state index in [1.165, 1.54) is 0 Å². The van der Waals surface area contributed by atoms with Gasteiger partial charge in [0, 0.05) is 13.0 Å². The van der Waals surface area contributed by atoms with Gasteiger partial charge >= 0.3 is 5.91 Å². The van der Waals surface area contributed by atoms with Crippen LogP contribution in [-0.2, 0) is 14.3 Å². The molecule has 1 aliphatic heterocycles. The molecular formula is C15H29N3O4. The van der Waals surface area contributed by atoms with Gasteiger partial charge in [-0.3, -0.25) is 9.44 Å². The molecule has 7 heteroatoms. The number of hydrogen-bond donors (Lipinski definition) is 1. The van der Waals surface area contributed by atoms with Gasteiger partial charge in [-0.2, -0.15) is 0 Å². The Labute approximate surface area is 132 Å². The standard InChI is InChI=1S/C15H29N3O4/c1-15(2,3)12(13(16)19)14(20)18(21,8-7-17(4)5)11-6-9-22-10-11/h11-12H,6-10H2,1-5H3,(H2,16,19). The number of hydrogen-bond acceptors (Lipinski definition) is 5. The van der Waals surface area contributed by atoms with Crippen molar-refractivity contribution in [1.82, 2.24) is 4.90 Å². The molecule has 22 heavy (non-hydrogen) atoms. The van der Waals surface area contributed by atoms with Crippen molar-refractivity contribution in [3.63, 3.8) is 0 Å². The van der Waals surface area contributed by atoms with Crippen molar-refractivity contribution >= 4 is 11.8 Å². The van der Waals surface area contributed by atoms with Gasteiger partial charge in [-0.15, -0.1) is 0 Å². The highest BCUT2D eigenvalue weighted by Gasteiger charge is 2.48. The van der Waals surface area contributed by atoms with Crippen molar-refractivity contribution in [2.45, 2.75) is 33.2 Å². The maximum atomic E-state index is 13.4. The number of nitrogens with two attached hydrogens (primary N) is 1. The second kappa shape index (κ2) is 7.04. The highest BCUT2D eigenvalue weighted by molar-refractivity contribution is 5.97. The molecule has 2 N–H and O–H groups in total. The Balaban J connectivity index is 3.12. The number of nitrogens with zero attached hydrogens (tertiary/aromatic N) is 2. The van der Waals surface area contributed by atoms with E-state index in [1.54, 1.807) is 20.8 Å². The molecule has 3 atom stereocenters. The number of likely N-dealkylation sites (N-methyl/N-ethyl adjacent to an activating group) is 1. The Morgan fingerprint density at radius 2 is 2.00 bits per heavy atom. The first-order valence-electron chi connectivity index (χ1n) is 7.65. The normalized spacial score (nSPS) is 23.3. The highest BCUT2D eigenvalue weighted by atomic mass is 16.6. The number of quaternary nitrogens is 1. The van der Waals surface area contributed by atoms with E-state index in [9.17, 15) is 14.8 Å². The molecule has 1 heterocycles. The van der Waals surface area contributed by atoms with E-state index in [-0.39, 0.29) is 13.2 Å². The molecular weight excluding hydrogens is 286 g/mol. The van der Waals surface area contributed by atoms with Crippen molar-refractivity contribution in [3.05, 3.63) is 5.21 Å². The first-order chi connectivity index (χ1) is 10.00. The second-order valence-electron chi connectivity index (χ2n) is 7.38. The summed E-state index contributed by atoms with van der Waals surface area (Å²) < 4.78 is 4.25. The molecule has 0 saturated carbocycles. The van der Waals surface area contributed by atoms with E-state index in [1.807, 2.05) is 19.0 Å². The molecule has 1 rings (SSSR count). The largest absolute Gasteiger partial charge is 0.625 e. The summed E-state index contributed by atoms with van der Waals surface area (Å²) in [6, 6.07) is -0.461. The zero-order valence-electron chi connectivity index (χ0n) is 14.3. The van der Waals surface area contributed by atoms with Crippen LogP contribution in [0.25, 0.3) is 0 Å². The third-order valence-corrected chi connectivity index (χ3v) is 4.15. The average molecular weight is 315 g/mol. The Kier molecular flexibility index (Phi) is 6.09. The molecule has 2 amide bonds. The third-order valence-electron chi connectivity index (χ3n) is 4.15. The van der Waals surface area contributed by atoms with Crippen LogP contribution in [0.2, 0.25) is 0 Å². The lowest BCUT2D eigenvalue weighted by molar-refractivity contribution is -0.830. The number of carbonyl (C=O) groups excluding carboxylic acids is 2. The number of rotatable bonds is 6. The number of carbonyl (C=O) groups is 2. The van der Waals surface area contributed by atoms with Crippen molar-refractivity contribution in [2.75, 3.05) is 40.4 Å². The molecule has 0 aromatic heterocycles. The summed E-state index contributed by atoms with van der Waals surface area (Å²) in [4.78, 5) is 26.6. The van der Waals surface area contributed by atoms with Crippen LogP contribution in [-0.4, -0.2) is 67.8 Å². The summed E-state index contributed by atoms with van der Waals surface area (Å²) >= 11 is 0. The Morgan fingerprint density at radius 3 is 2.36 bits per heavy atom. The van der Waals surface area contributed by atoms with Gasteiger partial charge in [0.1, 0.15) is 6.04 Å². The summed E-state index contributed by atoms with van der Waals surface area (Å²) in [5.74, 6) is -2.48. The number of amides is 2. The van der Waals surface area contributed by atoms with Crippen LogP contribution in [0, 0.1) is 16.5 Å². The average Bonchev–Trinajstić information content (AvgIpc) is 2.87. The zero-order chi connectivity index (χ0) is 17.1. The molecule has 1 aliphatic rings. The molecule has 1 fully saturated rings. The van der Waals surface area contributed by atoms with E-state index in [0.29, 0.717) is 19.6 Å². The van der Waals surface area contributed by atoms with Gasteiger partial charge in [0.25, 0.3) is 0 Å². The van der Waals surface area contributed by atoms with E-state index in [4.69, 9.17) is 10.5 Å². The van der Waals surface area contributed by atoms with E-state index >= 15 is 0 Å². The first-order valence-corrected chi connectivity index (χ1v) is 7.65. The minimum Gasteiger partial charge on any atom is -0.625 e. The second-order valence-corrected chi connectivity index (χ2v) is 7.38. The molecule has 0 radical (unpaired) electrons. The Hall–Kier alpha value is -1.02. The molecule has 1 saturated heterocycles. The van der Waals surface area contributed by atoms with Crippen LogP contribution in [0.5, 0.6) is 0 Å². The molecule has 0 aliphatic carbocycles. The lowest BCUT2D eigenvalue weighted by atomic mass is 9.79. The van der Waals surface area contributed by atoms with Gasteiger partial charge < -0.3 is 20.6 Å². The monoisotopic (exact) mass is 315 g/mol. The lowest BCUT2D eigenvalue weighted by Crippen LogP contribution is -2.62. The number of hydroxylamine groups is 3. The summed E-state index contributed by atoms with van der Waals surface area (Å²) in [6.07, 6.45) is 0.526. The molecule has 128 valence electrons. The molecule has 3 unspecified atom stereocenters. The van der Waals surface area contributed by atoms with Gasteiger partial charge in [0.05, 0.1) is 19.8 Å². The van der Waals surface area contributed by atoms with E-state index < -0.39 is 33.8 Å². The lowest BCUT2D eigenvalue weighted by Gasteiger charge is -2.47. The molecule has 0 bridgehead atoms. The highest BCUT2D eigenvalue weighted by Crippen LogP contribution is 2.32. The van der Waals surface area contributed by atoms with E-state index in [0.717, 1.165) is 0 Å². The summed E-state index contributed by atoms with van der Waals surface area (Å²) in [6.45, 7) is 6.53. The molecule has 7 nitrogen and oxygen atoms in total. The van der Waals surface area contributed by atoms with Crippen LogP contribution < -0.4 is 5.73 Å². The number of primary amides is 1. The summed E-state index contributed by atoms with van der Waals surface area (Å²) in [5, 5.41) is 13.4. The fourth-order valence-corrected chi connectivity index (χ4v) is 2.81. The van der Waals surface area contributed by atoms with Crippen molar-refractivity contribution in [1.29, 1.82) is 0 Å². The van der Waals surface area contributed by atoms with Crippen LogP contribution in [0.3, 0.4) is 0 Å². The van der Waals surface area contributed by atoms with Crippen molar-refractivity contribution < 1.29 is 19.0 Å². The molecule has 0 aromatic rings. The van der Waals surface area contributed by atoms with Crippen LogP contribution >= 0.6 is 0 Å². The van der Waals surface area contributed by atoms with Crippen molar-refractivity contribution in [3.8, 4) is 0 Å². The van der Waals surface area contributed by atoms with Gasteiger partial charge in [-0.25, -0.2) is 4.79 Å². The van der Waals surface area contributed by atoms with E-state index in [2.05, 4.69) is 0 Å². The van der Waals surface area contributed by atoms with Crippen molar-refractivity contribution in [2.24, 2.45) is 17.1 Å². The van der Waals surface area contributed by atoms with Gasteiger partial charge in [-0.1, -0.05) is 20.8 Å². The molecule has 0 aromatic carbocycles. The quantitative estimate of drug-likeness (QED) is 0.433. The minimum absolute atomic E-state index is 0.0969. The Morgan fingerprint density at radius 1 is 1.41 bits per heavy atom. The third kappa shape index (κ3) is 4.25. The maximum absolute atomic E-state index is 13.4. The van der Waals surface area contributed by atoms with Crippen LogP contribution in [0.1, 0.15) is 27.2 Å². The Bertz CT molecular complexity index is 414. The smallest absolute Gasteiger partial charge is 0.327 e. The number of ether oxygens (including phenoxy) is 1. The summed E-state index contributed by atoms with van der Waals surface area (Å²) in [7, 11) is 3.69. The molecule has 0 spiro atoms.